The van der Waals surface area contributed by atoms with Gasteiger partial charge in [-0.05, 0) is 47.9 Å². The van der Waals surface area contributed by atoms with Crippen molar-refractivity contribution < 1.29 is 17.6 Å². The number of halogens is 2. The number of carbonyl (C=O) groups is 1. The lowest BCUT2D eigenvalue weighted by Crippen LogP contribution is -2.30. The summed E-state index contributed by atoms with van der Waals surface area (Å²) < 4.78 is 41.5. The average Bonchev–Trinajstić information content (AvgIpc) is 2.69. The zero-order valence-corrected chi connectivity index (χ0v) is 16.5. The quantitative estimate of drug-likeness (QED) is 0.595. The van der Waals surface area contributed by atoms with Gasteiger partial charge in [0.1, 0.15) is 10.7 Å². The van der Waals surface area contributed by atoms with E-state index >= 15 is 0 Å². The molecule has 1 N–H and O–H groups in total. The first-order valence-corrected chi connectivity index (χ1v) is 10.3. The van der Waals surface area contributed by atoms with Gasteiger partial charge in [0, 0.05) is 0 Å². The molecule has 0 amide bonds. The van der Waals surface area contributed by atoms with Crippen molar-refractivity contribution in [3.05, 3.63) is 88.7 Å². The molecule has 0 aliphatic rings. The smallest absolute Gasteiger partial charge is 0.242 e. The van der Waals surface area contributed by atoms with E-state index in [4.69, 9.17) is 11.6 Å². The van der Waals surface area contributed by atoms with Crippen LogP contribution in [0.5, 0.6) is 0 Å². The van der Waals surface area contributed by atoms with Gasteiger partial charge in [0.05, 0.1) is 17.1 Å². The number of Topliss-reactive ketones (excluding diaryl/α,β-unsaturated/α-hetero) is 1. The molecule has 3 aromatic carbocycles. The van der Waals surface area contributed by atoms with Crippen LogP contribution < -0.4 is 4.72 Å². The van der Waals surface area contributed by atoms with Gasteiger partial charge >= 0.3 is 0 Å². The molecular formula is C21H17ClFNO3S. The molecular weight excluding hydrogens is 401 g/mol. The Labute approximate surface area is 168 Å². The third-order valence-electron chi connectivity index (χ3n) is 4.21. The van der Waals surface area contributed by atoms with Gasteiger partial charge in [-0.15, -0.1) is 0 Å². The predicted molar refractivity (Wildman–Crippen MR) is 108 cm³/mol. The van der Waals surface area contributed by atoms with E-state index in [0.717, 1.165) is 5.56 Å². The Kier molecular flexibility index (Phi) is 5.93. The molecule has 0 saturated carbocycles. The van der Waals surface area contributed by atoms with Gasteiger partial charge in [0.25, 0.3) is 0 Å². The van der Waals surface area contributed by atoms with Gasteiger partial charge in [0.2, 0.25) is 10.0 Å². The zero-order valence-electron chi connectivity index (χ0n) is 14.9. The molecule has 0 unspecified atom stereocenters. The van der Waals surface area contributed by atoms with Crippen LogP contribution in [0.15, 0.2) is 71.6 Å². The van der Waals surface area contributed by atoms with Gasteiger partial charge in [-0.25, -0.2) is 17.5 Å². The summed E-state index contributed by atoms with van der Waals surface area (Å²) >= 11 is 5.91. The molecule has 0 spiro atoms. The Bertz CT molecular complexity index is 1130. The van der Waals surface area contributed by atoms with Gasteiger partial charge in [-0.3, -0.25) is 4.79 Å². The first-order valence-electron chi connectivity index (χ1n) is 8.42. The van der Waals surface area contributed by atoms with Gasteiger partial charge in [-0.2, -0.15) is 0 Å². The van der Waals surface area contributed by atoms with Crippen molar-refractivity contribution in [2.24, 2.45) is 0 Å². The first kappa shape index (κ1) is 20.2. The van der Waals surface area contributed by atoms with Crippen LogP contribution in [0, 0.1) is 12.7 Å². The number of aryl methyl sites for hydroxylation is 1. The molecule has 0 radical (unpaired) electrons. The molecule has 0 fully saturated rings. The third kappa shape index (κ3) is 4.30. The van der Waals surface area contributed by atoms with Gasteiger partial charge in [0.15, 0.2) is 5.78 Å². The standard InChI is InChI=1S/C21H17ClFNO3S/c1-14-11-16(15-7-3-2-4-8-15)12-17(21(14)23)19(25)13-24-28(26,27)20-10-6-5-9-18(20)22/h2-12,24H,13H2,1H3. The zero-order chi connectivity index (χ0) is 20.3. The molecule has 3 rings (SSSR count). The second-order valence-electron chi connectivity index (χ2n) is 6.20. The summed E-state index contributed by atoms with van der Waals surface area (Å²) in [5, 5.41) is 0.0375. The fourth-order valence-electron chi connectivity index (χ4n) is 2.77. The number of carbonyl (C=O) groups excluding carboxylic acids is 1. The minimum Gasteiger partial charge on any atom is -0.293 e. The highest BCUT2D eigenvalue weighted by molar-refractivity contribution is 7.89. The minimum absolute atomic E-state index is 0.0375. The summed E-state index contributed by atoms with van der Waals surface area (Å²) in [7, 11) is -4.00. The number of sulfonamides is 1. The highest BCUT2D eigenvalue weighted by atomic mass is 35.5. The molecule has 28 heavy (non-hydrogen) atoms. The van der Waals surface area contributed by atoms with Crippen LogP contribution >= 0.6 is 11.6 Å². The van der Waals surface area contributed by atoms with E-state index in [9.17, 15) is 17.6 Å². The fourth-order valence-corrected chi connectivity index (χ4v) is 4.27. The maximum absolute atomic E-state index is 14.5. The third-order valence-corrected chi connectivity index (χ3v) is 6.11. The molecule has 0 bridgehead atoms. The summed E-state index contributed by atoms with van der Waals surface area (Å²) in [6.07, 6.45) is 0. The molecule has 0 heterocycles. The average molecular weight is 418 g/mol. The maximum atomic E-state index is 14.5. The second-order valence-corrected chi connectivity index (χ2v) is 8.34. The lowest BCUT2D eigenvalue weighted by Gasteiger charge is -2.11. The predicted octanol–water partition coefficient (Wildman–Crippen LogP) is 4.62. The Morgan fingerprint density at radius 3 is 2.32 bits per heavy atom. The monoisotopic (exact) mass is 417 g/mol. The molecule has 4 nitrogen and oxygen atoms in total. The summed E-state index contributed by atoms with van der Waals surface area (Å²) in [5.41, 5.74) is 1.65. The van der Waals surface area contributed by atoms with Crippen LogP contribution in [-0.4, -0.2) is 20.7 Å². The molecule has 0 aliphatic carbocycles. The first-order chi connectivity index (χ1) is 13.3. The van der Waals surface area contributed by atoms with E-state index in [1.165, 1.54) is 24.3 Å². The van der Waals surface area contributed by atoms with Crippen molar-refractivity contribution in [1.82, 2.24) is 4.72 Å². The molecule has 0 aromatic heterocycles. The normalized spacial score (nSPS) is 11.4. The second kappa shape index (κ2) is 8.22. The van der Waals surface area contributed by atoms with Gasteiger partial charge in [-0.1, -0.05) is 54.1 Å². The molecule has 7 heteroatoms. The Hall–Kier alpha value is -2.54. The van der Waals surface area contributed by atoms with E-state index in [2.05, 4.69) is 4.72 Å². The number of benzene rings is 3. The molecule has 144 valence electrons. The Morgan fingerprint density at radius 2 is 1.64 bits per heavy atom. The number of hydrogen-bond acceptors (Lipinski definition) is 3. The van der Waals surface area contributed by atoms with Crippen molar-refractivity contribution >= 4 is 27.4 Å². The van der Waals surface area contributed by atoms with Crippen molar-refractivity contribution in [2.75, 3.05) is 6.54 Å². The summed E-state index contributed by atoms with van der Waals surface area (Å²) in [4.78, 5) is 12.4. The van der Waals surface area contributed by atoms with Crippen LogP contribution in [0.2, 0.25) is 5.02 Å². The fraction of sp³-hybridized carbons (Fsp3) is 0.0952. The lowest BCUT2D eigenvalue weighted by molar-refractivity contribution is 0.0993. The van der Waals surface area contributed by atoms with Crippen LogP contribution in [0.25, 0.3) is 11.1 Å². The maximum Gasteiger partial charge on any atom is 0.242 e. The van der Waals surface area contributed by atoms with Crippen molar-refractivity contribution in [3.8, 4) is 11.1 Å². The van der Waals surface area contributed by atoms with Crippen molar-refractivity contribution in [2.45, 2.75) is 11.8 Å². The van der Waals surface area contributed by atoms with Crippen LogP contribution in [-0.2, 0) is 10.0 Å². The topological polar surface area (TPSA) is 63.2 Å². The summed E-state index contributed by atoms with van der Waals surface area (Å²) in [6, 6.07) is 18.2. The lowest BCUT2D eigenvalue weighted by atomic mass is 9.98. The summed E-state index contributed by atoms with van der Waals surface area (Å²) in [6.45, 7) is 0.981. The van der Waals surface area contributed by atoms with E-state index in [1.54, 1.807) is 19.1 Å². The number of nitrogens with one attached hydrogen (secondary N) is 1. The van der Waals surface area contributed by atoms with Crippen LogP contribution in [0.1, 0.15) is 15.9 Å². The van der Waals surface area contributed by atoms with E-state index in [-0.39, 0.29) is 15.5 Å². The molecule has 0 aliphatic heterocycles. The minimum atomic E-state index is -4.00. The molecule has 0 atom stereocenters. The van der Waals surface area contributed by atoms with E-state index < -0.39 is 28.2 Å². The number of ketones is 1. The molecule has 0 saturated heterocycles. The van der Waals surface area contributed by atoms with Crippen molar-refractivity contribution in [3.63, 3.8) is 0 Å². The Morgan fingerprint density at radius 1 is 1.00 bits per heavy atom. The largest absolute Gasteiger partial charge is 0.293 e. The van der Waals surface area contributed by atoms with E-state index in [0.29, 0.717) is 11.1 Å². The SMILES string of the molecule is Cc1cc(-c2ccccc2)cc(C(=O)CNS(=O)(=O)c2ccccc2Cl)c1F. The number of rotatable bonds is 6. The summed E-state index contributed by atoms with van der Waals surface area (Å²) in [5.74, 6) is -1.34. The highest BCUT2D eigenvalue weighted by Crippen LogP contribution is 2.25. The van der Waals surface area contributed by atoms with Crippen LogP contribution in [0.3, 0.4) is 0 Å². The number of hydrogen-bond donors (Lipinski definition) is 1. The van der Waals surface area contributed by atoms with E-state index in [1.807, 2.05) is 30.3 Å². The molecule has 3 aromatic rings. The Balaban J connectivity index is 1.87. The van der Waals surface area contributed by atoms with Gasteiger partial charge < -0.3 is 0 Å². The van der Waals surface area contributed by atoms with Crippen LogP contribution in [0.4, 0.5) is 4.39 Å². The van der Waals surface area contributed by atoms with Crippen molar-refractivity contribution in [1.29, 1.82) is 0 Å². The highest BCUT2D eigenvalue weighted by Gasteiger charge is 2.21.